The molecule has 1 heterocycles. The number of rotatable bonds is 8. The maximum absolute atomic E-state index is 13.3. The SMILES string of the molecule is CCOC(=O)C1CCN(C(=O)Cc2cccc(N(Cc3ccc(F)cc3)C(=O)NC(C)C)c2)CC1. The van der Waals surface area contributed by atoms with Crippen LogP contribution in [0.3, 0.4) is 0 Å². The maximum Gasteiger partial charge on any atom is 0.322 e. The van der Waals surface area contributed by atoms with Gasteiger partial charge in [-0.3, -0.25) is 14.5 Å². The Bertz CT molecular complexity index is 1020. The number of likely N-dealkylation sites (tertiary alicyclic amines) is 1. The molecule has 1 saturated heterocycles. The first-order valence-corrected chi connectivity index (χ1v) is 12.1. The molecule has 0 aromatic heterocycles. The lowest BCUT2D eigenvalue weighted by Crippen LogP contribution is -2.43. The molecule has 3 rings (SSSR count). The topological polar surface area (TPSA) is 79.0 Å². The number of nitrogens with one attached hydrogen (secondary N) is 1. The molecular formula is C27H34FN3O4. The van der Waals surface area contributed by atoms with Crippen LogP contribution in [-0.2, 0) is 27.3 Å². The third-order valence-corrected chi connectivity index (χ3v) is 5.96. The molecule has 35 heavy (non-hydrogen) atoms. The molecule has 1 aliphatic rings. The van der Waals surface area contributed by atoms with Gasteiger partial charge in [0, 0.05) is 24.8 Å². The Balaban J connectivity index is 1.69. The van der Waals surface area contributed by atoms with Gasteiger partial charge in [-0.15, -0.1) is 0 Å². The van der Waals surface area contributed by atoms with Gasteiger partial charge in [-0.1, -0.05) is 24.3 Å². The quantitative estimate of drug-likeness (QED) is 0.568. The standard InChI is InChI=1S/C27H34FN3O4/c1-4-35-26(33)22-12-14-30(15-13-22)25(32)17-21-6-5-7-24(16-21)31(27(34)29-19(2)3)18-20-8-10-23(28)11-9-20/h5-11,16,19,22H,4,12-15,17-18H2,1-3H3,(H,29,34). The van der Waals surface area contributed by atoms with Gasteiger partial charge in [0.1, 0.15) is 5.82 Å². The van der Waals surface area contributed by atoms with Crippen molar-refractivity contribution in [2.75, 3.05) is 24.6 Å². The summed E-state index contributed by atoms with van der Waals surface area (Å²) in [6.07, 6.45) is 1.41. The smallest absolute Gasteiger partial charge is 0.322 e. The number of ether oxygens (including phenoxy) is 1. The van der Waals surface area contributed by atoms with Crippen molar-refractivity contribution in [1.29, 1.82) is 0 Å². The molecule has 0 aliphatic carbocycles. The van der Waals surface area contributed by atoms with Crippen LogP contribution in [0.1, 0.15) is 44.7 Å². The van der Waals surface area contributed by atoms with E-state index in [1.165, 1.54) is 12.1 Å². The average Bonchev–Trinajstić information content (AvgIpc) is 2.83. The fourth-order valence-corrected chi connectivity index (χ4v) is 4.12. The fraction of sp³-hybridized carbons (Fsp3) is 0.444. The Kier molecular flexibility index (Phi) is 9.23. The van der Waals surface area contributed by atoms with E-state index in [-0.39, 0.29) is 48.7 Å². The zero-order chi connectivity index (χ0) is 25.4. The molecule has 8 heteroatoms. The predicted octanol–water partition coefficient (Wildman–Crippen LogP) is 4.29. The number of urea groups is 1. The zero-order valence-corrected chi connectivity index (χ0v) is 20.6. The summed E-state index contributed by atoms with van der Waals surface area (Å²) in [5.74, 6) is -0.685. The van der Waals surface area contributed by atoms with Crippen LogP contribution < -0.4 is 10.2 Å². The van der Waals surface area contributed by atoms with Crippen LogP contribution >= 0.6 is 0 Å². The van der Waals surface area contributed by atoms with E-state index in [0.717, 1.165) is 11.1 Å². The summed E-state index contributed by atoms with van der Waals surface area (Å²) in [4.78, 5) is 41.2. The van der Waals surface area contributed by atoms with E-state index in [1.54, 1.807) is 28.9 Å². The number of esters is 1. The summed E-state index contributed by atoms with van der Waals surface area (Å²) in [6, 6.07) is 13.1. The van der Waals surface area contributed by atoms with Gasteiger partial charge in [-0.05, 0) is 69.0 Å². The number of amides is 3. The highest BCUT2D eigenvalue weighted by Crippen LogP contribution is 2.22. The number of benzene rings is 2. The summed E-state index contributed by atoms with van der Waals surface area (Å²) in [5, 5.41) is 2.91. The summed E-state index contributed by atoms with van der Waals surface area (Å²) in [7, 11) is 0. The largest absolute Gasteiger partial charge is 0.466 e. The molecule has 1 aliphatic heterocycles. The van der Waals surface area contributed by atoms with Crippen LogP contribution in [0.2, 0.25) is 0 Å². The van der Waals surface area contributed by atoms with Crippen molar-refractivity contribution in [3.63, 3.8) is 0 Å². The molecule has 1 fully saturated rings. The first-order chi connectivity index (χ1) is 16.8. The Morgan fingerprint density at radius 3 is 2.40 bits per heavy atom. The minimum Gasteiger partial charge on any atom is -0.466 e. The molecule has 0 atom stereocenters. The third-order valence-electron chi connectivity index (χ3n) is 5.96. The molecule has 1 N–H and O–H groups in total. The van der Waals surface area contributed by atoms with Crippen molar-refractivity contribution in [3.05, 3.63) is 65.5 Å². The highest BCUT2D eigenvalue weighted by molar-refractivity contribution is 5.92. The molecule has 2 aromatic carbocycles. The minimum atomic E-state index is -0.335. The van der Waals surface area contributed by atoms with E-state index >= 15 is 0 Å². The number of halogens is 1. The second-order valence-corrected chi connectivity index (χ2v) is 9.07. The van der Waals surface area contributed by atoms with E-state index in [2.05, 4.69) is 5.32 Å². The van der Waals surface area contributed by atoms with E-state index in [4.69, 9.17) is 4.74 Å². The molecule has 3 amide bonds. The van der Waals surface area contributed by atoms with Crippen LogP contribution in [-0.4, -0.2) is 48.5 Å². The van der Waals surface area contributed by atoms with E-state index in [1.807, 2.05) is 38.1 Å². The molecule has 0 saturated carbocycles. The van der Waals surface area contributed by atoms with Crippen molar-refractivity contribution in [3.8, 4) is 0 Å². The minimum absolute atomic E-state index is 0.0128. The third kappa shape index (κ3) is 7.53. The number of carbonyl (C=O) groups excluding carboxylic acids is 3. The summed E-state index contributed by atoms with van der Waals surface area (Å²) in [6.45, 7) is 7.23. The van der Waals surface area contributed by atoms with Crippen molar-refractivity contribution < 1.29 is 23.5 Å². The van der Waals surface area contributed by atoms with Crippen molar-refractivity contribution >= 4 is 23.6 Å². The van der Waals surface area contributed by atoms with Crippen molar-refractivity contribution in [2.45, 2.75) is 52.6 Å². The fourth-order valence-electron chi connectivity index (χ4n) is 4.12. The van der Waals surface area contributed by atoms with Crippen LogP contribution in [0.5, 0.6) is 0 Å². The molecule has 0 bridgehead atoms. The number of hydrogen-bond donors (Lipinski definition) is 1. The molecule has 0 radical (unpaired) electrons. The molecule has 7 nitrogen and oxygen atoms in total. The lowest BCUT2D eigenvalue weighted by molar-refractivity contribution is -0.151. The highest BCUT2D eigenvalue weighted by atomic mass is 19.1. The second kappa shape index (κ2) is 12.3. The predicted molar refractivity (Wildman–Crippen MR) is 132 cm³/mol. The normalized spacial score (nSPS) is 14.0. The second-order valence-electron chi connectivity index (χ2n) is 9.07. The highest BCUT2D eigenvalue weighted by Gasteiger charge is 2.28. The van der Waals surface area contributed by atoms with Gasteiger partial charge in [-0.2, -0.15) is 0 Å². The maximum atomic E-state index is 13.3. The average molecular weight is 484 g/mol. The lowest BCUT2D eigenvalue weighted by atomic mass is 9.96. The number of nitrogens with zero attached hydrogens (tertiary/aromatic N) is 2. The van der Waals surface area contributed by atoms with Crippen molar-refractivity contribution in [2.24, 2.45) is 5.92 Å². The van der Waals surface area contributed by atoms with Gasteiger partial charge < -0.3 is 15.0 Å². The lowest BCUT2D eigenvalue weighted by Gasteiger charge is -2.31. The molecule has 0 spiro atoms. The van der Waals surface area contributed by atoms with Gasteiger partial charge in [0.05, 0.1) is 25.5 Å². The van der Waals surface area contributed by atoms with Gasteiger partial charge >= 0.3 is 12.0 Å². The Labute approximate surface area is 206 Å². The van der Waals surface area contributed by atoms with E-state index < -0.39 is 0 Å². The molecule has 0 unspecified atom stereocenters. The van der Waals surface area contributed by atoms with Gasteiger partial charge in [0.25, 0.3) is 0 Å². The van der Waals surface area contributed by atoms with Crippen LogP contribution in [0.15, 0.2) is 48.5 Å². The zero-order valence-electron chi connectivity index (χ0n) is 20.6. The first-order valence-electron chi connectivity index (χ1n) is 12.1. The van der Waals surface area contributed by atoms with Gasteiger partial charge in [0.15, 0.2) is 0 Å². The number of piperidine rings is 1. The molecular weight excluding hydrogens is 449 g/mol. The Morgan fingerprint density at radius 1 is 1.09 bits per heavy atom. The molecule has 188 valence electrons. The van der Waals surface area contributed by atoms with Crippen LogP contribution in [0.4, 0.5) is 14.9 Å². The van der Waals surface area contributed by atoms with Crippen LogP contribution in [0.25, 0.3) is 0 Å². The van der Waals surface area contributed by atoms with Crippen LogP contribution in [0, 0.1) is 11.7 Å². The number of anilines is 1. The monoisotopic (exact) mass is 483 g/mol. The van der Waals surface area contributed by atoms with Gasteiger partial charge in [0.2, 0.25) is 5.91 Å². The summed E-state index contributed by atoms with van der Waals surface area (Å²) < 4.78 is 18.5. The van der Waals surface area contributed by atoms with Gasteiger partial charge in [-0.25, -0.2) is 9.18 Å². The Hall–Kier alpha value is -3.42. The number of carbonyl (C=O) groups is 3. The summed E-state index contributed by atoms with van der Waals surface area (Å²) in [5.41, 5.74) is 2.23. The molecule has 2 aromatic rings. The van der Waals surface area contributed by atoms with E-state index in [9.17, 15) is 18.8 Å². The van der Waals surface area contributed by atoms with Crippen molar-refractivity contribution in [1.82, 2.24) is 10.2 Å². The first kappa shape index (κ1) is 26.2. The Morgan fingerprint density at radius 2 is 1.77 bits per heavy atom. The van der Waals surface area contributed by atoms with E-state index in [0.29, 0.717) is 38.2 Å². The summed E-state index contributed by atoms with van der Waals surface area (Å²) >= 11 is 0. The number of hydrogen-bond acceptors (Lipinski definition) is 4.